The van der Waals surface area contributed by atoms with Gasteiger partial charge in [-0.2, -0.15) is 15.3 Å². The molecule has 0 aromatic carbocycles. The summed E-state index contributed by atoms with van der Waals surface area (Å²) in [5, 5.41) is 29.3. The fraction of sp³-hybridized carbons (Fsp3) is 0.423. The summed E-state index contributed by atoms with van der Waals surface area (Å²) >= 11 is 0. The zero-order chi connectivity index (χ0) is 26.0. The number of aryl methyl sites for hydroxylation is 3. The lowest BCUT2D eigenvalue weighted by atomic mass is 10.1. The number of rotatable bonds is 2. The Kier molecular flexibility index (Phi) is 5.50. The molecule has 0 spiro atoms. The summed E-state index contributed by atoms with van der Waals surface area (Å²) in [6.45, 7) is 9.48. The molecule has 1 aliphatic heterocycles. The van der Waals surface area contributed by atoms with Crippen molar-refractivity contribution in [2.24, 2.45) is 7.05 Å². The summed E-state index contributed by atoms with van der Waals surface area (Å²) in [6, 6.07) is 4.10. The van der Waals surface area contributed by atoms with E-state index in [1.807, 2.05) is 31.6 Å². The Morgan fingerprint density at radius 1 is 1.14 bits per heavy atom. The molecule has 0 radical (unpaired) electrons. The van der Waals surface area contributed by atoms with Crippen molar-refractivity contribution in [3.63, 3.8) is 0 Å². The number of pyridine rings is 2. The first kappa shape index (κ1) is 23.6. The first-order valence-electron chi connectivity index (χ1n) is 12.5. The van der Waals surface area contributed by atoms with Gasteiger partial charge >= 0.3 is 0 Å². The summed E-state index contributed by atoms with van der Waals surface area (Å²) < 4.78 is 10.2. The van der Waals surface area contributed by atoms with Crippen molar-refractivity contribution >= 4 is 21.8 Å². The molecule has 6 heterocycles. The molecule has 0 aliphatic carbocycles. The van der Waals surface area contributed by atoms with Gasteiger partial charge in [-0.15, -0.1) is 0 Å². The first-order chi connectivity index (χ1) is 17.7. The maximum absolute atomic E-state index is 10.1. The summed E-state index contributed by atoms with van der Waals surface area (Å²) in [7, 11) is 3.96. The number of hydrogen-bond acceptors (Lipinski definition) is 8. The molecule has 6 rings (SSSR count). The van der Waals surface area contributed by atoms with E-state index in [0.717, 1.165) is 61.5 Å². The molecule has 11 nitrogen and oxygen atoms in total. The second-order valence-corrected chi connectivity index (χ2v) is 10.2. The van der Waals surface area contributed by atoms with Gasteiger partial charge in [0.25, 0.3) is 0 Å². The third-order valence-electron chi connectivity index (χ3n) is 6.87. The number of aromatic nitrogens is 8. The molecule has 2 atom stereocenters. The van der Waals surface area contributed by atoms with Crippen LogP contribution < -0.4 is 4.74 Å². The average molecular weight is 502 g/mol. The molecule has 192 valence electrons. The summed E-state index contributed by atoms with van der Waals surface area (Å²) in [5.41, 5.74) is 7.52. The van der Waals surface area contributed by atoms with Crippen LogP contribution in [0.3, 0.4) is 0 Å². The number of hydrogen-bond donors (Lipinski definition) is 2. The molecular weight excluding hydrogens is 470 g/mol. The Bertz CT molecular complexity index is 1650. The fourth-order valence-corrected chi connectivity index (χ4v) is 5.34. The van der Waals surface area contributed by atoms with Crippen LogP contribution in [0.4, 0.5) is 0 Å². The van der Waals surface area contributed by atoms with Gasteiger partial charge in [-0.05, 0) is 46.9 Å². The number of nitrogens with one attached hydrogen (secondary N) is 1. The van der Waals surface area contributed by atoms with Gasteiger partial charge in [0.05, 0.1) is 58.6 Å². The molecule has 1 aliphatic rings. The Morgan fingerprint density at radius 2 is 1.92 bits per heavy atom. The molecule has 37 heavy (non-hydrogen) atoms. The van der Waals surface area contributed by atoms with Gasteiger partial charge in [0.2, 0.25) is 5.88 Å². The topological polar surface area (TPSA) is 123 Å². The van der Waals surface area contributed by atoms with Crippen molar-refractivity contribution in [2.45, 2.75) is 53.0 Å². The zero-order valence-corrected chi connectivity index (χ0v) is 21.9. The van der Waals surface area contributed by atoms with Crippen LogP contribution in [0.5, 0.6) is 5.88 Å². The maximum atomic E-state index is 10.1. The molecule has 5 aromatic heterocycles. The third kappa shape index (κ3) is 3.94. The van der Waals surface area contributed by atoms with Crippen LogP contribution in [0.15, 0.2) is 18.3 Å². The Morgan fingerprint density at radius 3 is 2.70 bits per heavy atom. The average Bonchev–Trinajstić information content (AvgIpc) is 3.47. The van der Waals surface area contributed by atoms with Gasteiger partial charge in [0.1, 0.15) is 17.1 Å². The molecule has 5 aromatic rings. The number of H-pyrrole nitrogens is 1. The van der Waals surface area contributed by atoms with Crippen LogP contribution in [0.25, 0.3) is 44.5 Å². The fourth-order valence-electron chi connectivity index (χ4n) is 5.34. The van der Waals surface area contributed by atoms with Crippen LogP contribution in [0, 0.1) is 13.8 Å². The monoisotopic (exact) mass is 501 g/mol. The first-order valence-corrected chi connectivity index (χ1v) is 12.5. The molecular formula is C26H31N9O2. The number of fused-ring (bicyclic) bond motifs is 5. The lowest BCUT2D eigenvalue weighted by Gasteiger charge is -2.23. The van der Waals surface area contributed by atoms with E-state index >= 15 is 0 Å². The van der Waals surface area contributed by atoms with Crippen molar-refractivity contribution in [1.82, 2.24) is 44.6 Å². The van der Waals surface area contributed by atoms with Crippen molar-refractivity contribution in [1.29, 1.82) is 0 Å². The second-order valence-electron chi connectivity index (χ2n) is 10.2. The van der Waals surface area contributed by atoms with Gasteiger partial charge in [-0.25, -0.2) is 4.68 Å². The zero-order valence-electron chi connectivity index (χ0n) is 21.9. The number of nitrogens with zero attached hydrogens (tertiary/aromatic N) is 8. The van der Waals surface area contributed by atoms with E-state index in [-0.39, 0.29) is 6.10 Å². The van der Waals surface area contributed by atoms with Gasteiger partial charge in [0.15, 0.2) is 0 Å². The van der Waals surface area contributed by atoms with Crippen LogP contribution in [0.1, 0.15) is 30.9 Å². The second kappa shape index (κ2) is 8.63. The number of aliphatic hydroxyl groups excluding tert-OH is 1. The normalized spacial score (nSPS) is 17.2. The van der Waals surface area contributed by atoms with Crippen LogP contribution >= 0.6 is 0 Å². The summed E-state index contributed by atoms with van der Waals surface area (Å²) in [4.78, 5) is 11.8. The lowest BCUT2D eigenvalue weighted by Crippen LogP contribution is -2.32. The van der Waals surface area contributed by atoms with E-state index in [0.29, 0.717) is 25.5 Å². The van der Waals surface area contributed by atoms with Crippen molar-refractivity contribution in [2.75, 3.05) is 13.6 Å². The molecule has 0 amide bonds. The predicted octanol–water partition coefficient (Wildman–Crippen LogP) is 2.98. The van der Waals surface area contributed by atoms with Gasteiger partial charge in [0, 0.05) is 30.9 Å². The summed E-state index contributed by atoms with van der Waals surface area (Å²) in [6.07, 6.45) is 1.15. The van der Waals surface area contributed by atoms with E-state index in [4.69, 9.17) is 19.8 Å². The SMILES string of the molecule is Cc1nn(C)c2c1-c1cc3c([nH]nc3c(C)n1)-c1cc3c(n(C[C@H](C)O)nc3cn1)CN(C)C[C@H](C)O2. The van der Waals surface area contributed by atoms with E-state index in [2.05, 4.69) is 40.2 Å². The highest BCUT2D eigenvalue weighted by molar-refractivity contribution is 5.97. The van der Waals surface area contributed by atoms with Crippen molar-refractivity contribution in [3.05, 3.63) is 35.4 Å². The van der Waals surface area contributed by atoms with Crippen LogP contribution in [-0.2, 0) is 20.1 Å². The molecule has 11 heteroatoms. The maximum Gasteiger partial charge on any atom is 0.221 e. The van der Waals surface area contributed by atoms with Crippen LogP contribution in [0.2, 0.25) is 0 Å². The van der Waals surface area contributed by atoms with Crippen LogP contribution in [-0.4, -0.2) is 75.5 Å². The lowest BCUT2D eigenvalue weighted by molar-refractivity contribution is 0.143. The molecule has 2 N–H and O–H groups in total. The molecule has 0 saturated carbocycles. The molecule has 0 fully saturated rings. The molecule has 0 unspecified atom stereocenters. The minimum Gasteiger partial charge on any atom is -0.473 e. The highest BCUT2D eigenvalue weighted by Crippen LogP contribution is 2.37. The Hall–Kier alpha value is -3.83. The summed E-state index contributed by atoms with van der Waals surface area (Å²) in [5.74, 6) is 0.685. The van der Waals surface area contributed by atoms with Gasteiger partial charge in [-0.3, -0.25) is 24.6 Å². The highest BCUT2D eigenvalue weighted by Gasteiger charge is 2.25. The smallest absolute Gasteiger partial charge is 0.221 e. The molecule has 0 saturated heterocycles. The van der Waals surface area contributed by atoms with E-state index in [9.17, 15) is 5.11 Å². The predicted molar refractivity (Wildman–Crippen MR) is 140 cm³/mol. The largest absolute Gasteiger partial charge is 0.473 e. The van der Waals surface area contributed by atoms with Gasteiger partial charge < -0.3 is 9.84 Å². The van der Waals surface area contributed by atoms with Crippen molar-refractivity contribution < 1.29 is 9.84 Å². The number of likely N-dealkylation sites (N-methyl/N-ethyl adjacent to an activating group) is 1. The Labute approximate surface area is 214 Å². The standard InChI is InChI=1S/C26H31N9O2/c1-13(36)10-35-22-12-33(5)11-14(2)37-26-23(15(3)31-34(26)6)19-8-18-24(16(4)28-19)29-30-25(18)20-7-17(22)21(32-35)9-27-20/h7-9,13-14,36H,10-12H2,1-6H3,(H,29,30)/t13-,14-/m0/s1. The highest BCUT2D eigenvalue weighted by atomic mass is 16.5. The van der Waals surface area contributed by atoms with Crippen molar-refractivity contribution in [3.8, 4) is 28.5 Å². The van der Waals surface area contributed by atoms with Gasteiger partial charge in [-0.1, -0.05) is 0 Å². The minimum atomic E-state index is -0.529. The van der Waals surface area contributed by atoms with E-state index in [1.165, 1.54) is 0 Å². The minimum absolute atomic E-state index is 0.116. The number of aromatic amines is 1. The third-order valence-corrected chi connectivity index (χ3v) is 6.87. The molecule has 4 bridgehead atoms. The van der Waals surface area contributed by atoms with E-state index < -0.39 is 6.10 Å². The van der Waals surface area contributed by atoms with E-state index in [1.54, 1.807) is 17.8 Å². The Balaban J connectivity index is 1.63. The number of aliphatic hydroxyl groups is 1. The quantitative estimate of drug-likeness (QED) is 0.379. The number of ether oxygens (including phenoxy) is 1.